The molecule has 5 nitrogen and oxygen atoms in total. The molecule has 29 heavy (non-hydrogen) atoms. The van der Waals surface area contributed by atoms with Gasteiger partial charge in [0.25, 0.3) is 5.91 Å². The van der Waals surface area contributed by atoms with Crippen LogP contribution in [0.3, 0.4) is 0 Å². The van der Waals surface area contributed by atoms with Crippen LogP contribution in [0.2, 0.25) is 0 Å². The second-order valence-electron chi connectivity index (χ2n) is 6.85. The summed E-state index contributed by atoms with van der Waals surface area (Å²) in [6.07, 6.45) is 0.839. The number of fused-ring (bicyclic) bond motifs is 1. The summed E-state index contributed by atoms with van der Waals surface area (Å²) >= 11 is 3.37. The zero-order valence-corrected chi connectivity index (χ0v) is 17.3. The molecule has 3 aromatic carbocycles. The van der Waals surface area contributed by atoms with Crippen molar-refractivity contribution in [1.29, 1.82) is 0 Å². The van der Waals surface area contributed by atoms with Gasteiger partial charge in [0.1, 0.15) is 0 Å². The van der Waals surface area contributed by atoms with Crippen molar-refractivity contribution in [3.05, 3.63) is 94.0 Å². The minimum Gasteiger partial charge on any atom is -0.334 e. The normalized spacial score (nSPS) is 12.4. The fourth-order valence-corrected chi connectivity index (χ4v) is 3.64. The number of nitrogens with one attached hydrogen (secondary N) is 2. The average Bonchev–Trinajstić information content (AvgIpc) is 3.17. The molecule has 1 heterocycles. The third-order valence-electron chi connectivity index (χ3n) is 4.87. The Morgan fingerprint density at radius 2 is 1.72 bits per heavy atom. The Kier molecular flexibility index (Phi) is 5.62. The standard InChI is InChI=1S/C23H20BrN3O2/c24-19-8-10-20(11-9-19)26-23(29)25-15-16-6-7-17-12-13-27(21(17)14-16)22(28)18-4-2-1-3-5-18/h1-11,14H,12-13,15H2,(H2,25,26,29). The fraction of sp³-hybridized carbons (Fsp3) is 0.130. The van der Waals surface area contributed by atoms with Crippen LogP contribution in [0.15, 0.2) is 77.3 Å². The Labute approximate surface area is 177 Å². The molecule has 3 amide bonds. The first-order valence-corrected chi connectivity index (χ1v) is 10.2. The summed E-state index contributed by atoms with van der Waals surface area (Å²) in [4.78, 5) is 26.8. The van der Waals surface area contributed by atoms with E-state index in [0.717, 1.165) is 33.4 Å². The summed E-state index contributed by atoms with van der Waals surface area (Å²) in [5, 5.41) is 5.67. The van der Waals surface area contributed by atoms with Crippen molar-refractivity contribution >= 4 is 39.2 Å². The molecule has 1 aliphatic rings. The van der Waals surface area contributed by atoms with E-state index in [1.165, 1.54) is 0 Å². The largest absolute Gasteiger partial charge is 0.334 e. The average molecular weight is 450 g/mol. The highest BCUT2D eigenvalue weighted by Crippen LogP contribution is 2.30. The predicted octanol–water partition coefficient (Wildman–Crippen LogP) is 4.97. The molecular formula is C23H20BrN3O2. The molecule has 6 heteroatoms. The van der Waals surface area contributed by atoms with Gasteiger partial charge in [-0.2, -0.15) is 0 Å². The molecule has 0 fully saturated rings. The lowest BCUT2D eigenvalue weighted by atomic mass is 10.1. The maximum atomic E-state index is 12.9. The summed E-state index contributed by atoms with van der Waals surface area (Å²) in [5.74, 6) is 0.00226. The van der Waals surface area contributed by atoms with Crippen LogP contribution in [0.1, 0.15) is 21.5 Å². The van der Waals surface area contributed by atoms with Crippen LogP contribution in [-0.4, -0.2) is 18.5 Å². The molecule has 0 bridgehead atoms. The van der Waals surface area contributed by atoms with Gasteiger partial charge in [-0.1, -0.05) is 46.3 Å². The van der Waals surface area contributed by atoms with E-state index in [9.17, 15) is 9.59 Å². The minimum atomic E-state index is -0.273. The van der Waals surface area contributed by atoms with Crippen molar-refractivity contribution in [1.82, 2.24) is 5.32 Å². The second-order valence-corrected chi connectivity index (χ2v) is 7.77. The maximum Gasteiger partial charge on any atom is 0.319 e. The van der Waals surface area contributed by atoms with Crippen LogP contribution in [-0.2, 0) is 13.0 Å². The van der Waals surface area contributed by atoms with Crippen molar-refractivity contribution in [3.63, 3.8) is 0 Å². The smallest absolute Gasteiger partial charge is 0.319 e. The topological polar surface area (TPSA) is 61.4 Å². The van der Waals surface area contributed by atoms with Crippen molar-refractivity contribution in [2.24, 2.45) is 0 Å². The SMILES string of the molecule is O=C(NCc1ccc2c(c1)N(C(=O)c1ccccc1)CC2)Nc1ccc(Br)cc1. The first-order valence-electron chi connectivity index (χ1n) is 9.39. The molecule has 0 aromatic heterocycles. The fourth-order valence-electron chi connectivity index (χ4n) is 3.37. The van der Waals surface area contributed by atoms with Gasteiger partial charge in [-0.25, -0.2) is 4.79 Å². The van der Waals surface area contributed by atoms with Crippen LogP contribution in [0.25, 0.3) is 0 Å². The lowest BCUT2D eigenvalue weighted by molar-refractivity contribution is 0.0989. The van der Waals surface area contributed by atoms with E-state index < -0.39 is 0 Å². The van der Waals surface area contributed by atoms with Gasteiger partial charge in [0.05, 0.1) is 0 Å². The number of hydrogen-bond donors (Lipinski definition) is 2. The minimum absolute atomic E-state index is 0.00226. The summed E-state index contributed by atoms with van der Waals surface area (Å²) in [6, 6.07) is 22.4. The van der Waals surface area contributed by atoms with Crippen LogP contribution in [0.5, 0.6) is 0 Å². The van der Waals surface area contributed by atoms with E-state index in [2.05, 4.69) is 26.6 Å². The Balaban J connectivity index is 1.42. The highest BCUT2D eigenvalue weighted by molar-refractivity contribution is 9.10. The molecule has 0 atom stereocenters. The van der Waals surface area contributed by atoms with Gasteiger partial charge < -0.3 is 15.5 Å². The van der Waals surface area contributed by atoms with E-state index in [4.69, 9.17) is 0 Å². The first kappa shape index (κ1) is 19.2. The van der Waals surface area contributed by atoms with E-state index in [0.29, 0.717) is 18.7 Å². The van der Waals surface area contributed by atoms with Gasteiger partial charge in [0.15, 0.2) is 0 Å². The molecule has 1 aliphatic heterocycles. The van der Waals surface area contributed by atoms with Gasteiger partial charge in [-0.15, -0.1) is 0 Å². The third-order valence-corrected chi connectivity index (χ3v) is 5.39. The second kappa shape index (κ2) is 8.49. The van der Waals surface area contributed by atoms with E-state index in [1.54, 1.807) is 0 Å². The van der Waals surface area contributed by atoms with E-state index in [1.807, 2.05) is 77.7 Å². The van der Waals surface area contributed by atoms with Gasteiger partial charge >= 0.3 is 6.03 Å². The van der Waals surface area contributed by atoms with Crippen molar-refractivity contribution < 1.29 is 9.59 Å². The highest BCUT2D eigenvalue weighted by Gasteiger charge is 2.25. The highest BCUT2D eigenvalue weighted by atomic mass is 79.9. The van der Waals surface area contributed by atoms with Crippen molar-refractivity contribution in [2.45, 2.75) is 13.0 Å². The number of urea groups is 1. The molecule has 0 saturated carbocycles. The zero-order valence-electron chi connectivity index (χ0n) is 15.7. The molecule has 4 rings (SSSR count). The summed E-state index contributed by atoms with van der Waals surface area (Å²) in [6.45, 7) is 1.05. The number of nitrogens with zero attached hydrogens (tertiary/aromatic N) is 1. The van der Waals surface area contributed by atoms with Crippen LogP contribution < -0.4 is 15.5 Å². The van der Waals surface area contributed by atoms with E-state index >= 15 is 0 Å². The van der Waals surface area contributed by atoms with Crippen LogP contribution >= 0.6 is 15.9 Å². The van der Waals surface area contributed by atoms with Gasteiger partial charge in [-0.3, -0.25) is 4.79 Å². The number of hydrogen-bond acceptors (Lipinski definition) is 2. The quantitative estimate of drug-likeness (QED) is 0.590. The Bertz CT molecular complexity index is 1040. The number of anilines is 2. The van der Waals surface area contributed by atoms with Gasteiger partial charge in [-0.05, 0) is 60.0 Å². The maximum absolute atomic E-state index is 12.9. The zero-order chi connectivity index (χ0) is 20.2. The number of benzene rings is 3. The number of halogens is 1. The lowest BCUT2D eigenvalue weighted by Crippen LogP contribution is -2.29. The molecule has 0 saturated heterocycles. The number of rotatable bonds is 4. The molecule has 2 N–H and O–H groups in total. The Morgan fingerprint density at radius 3 is 2.48 bits per heavy atom. The number of carbonyl (C=O) groups excluding carboxylic acids is 2. The molecule has 3 aromatic rings. The number of amides is 3. The Morgan fingerprint density at radius 1 is 0.966 bits per heavy atom. The summed E-state index contributed by atoms with van der Waals surface area (Å²) in [5.41, 5.74) is 4.42. The van der Waals surface area contributed by atoms with Gasteiger partial charge in [0.2, 0.25) is 0 Å². The molecule has 0 unspecified atom stereocenters. The molecule has 0 radical (unpaired) electrons. The number of carbonyl (C=O) groups is 2. The van der Waals surface area contributed by atoms with Crippen molar-refractivity contribution in [2.75, 3.05) is 16.8 Å². The first-order chi connectivity index (χ1) is 14.1. The van der Waals surface area contributed by atoms with Crippen molar-refractivity contribution in [3.8, 4) is 0 Å². The van der Waals surface area contributed by atoms with Gasteiger partial charge in [0, 0.05) is 34.5 Å². The molecular weight excluding hydrogens is 430 g/mol. The summed E-state index contributed by atoms with van der Waals surface area (Å²) in [7, 11) is 0. The monoisotopic (exact) mass is 449 g/mol. The summed E-state index contributed by atoms with van der Waals surface area (Å²) < 4.78 is 0.955. The predicted molar refractivity (Wildman–Crippen MR) is 118 cm³/mol. The molecule has 0 aliphatic carbocycles. The Hall–Kier alpha value is -3.12. The molecule has 146 valence electrons. The van der Waals surface area contributed by atoms with E-state index in [-0.39, 0.29) is 11.9 Å². The van der Waals surface area contributed by atoms with Crippen LogP contribution in [0.4, 0.5) is 16.2 Å². The lowest BCUT2D eigenvalue weighted by Gasteiger charge is -2.18. The van der Waals surface area contributed by atoms with Crippen LogP contribution in [0, 0.1) is 0 Å². The molecule has 0 spiro atoms. The third kappa shape index (κ3) is 4.49.